The number of nitrogen functional groups attached to an aromatic ring is 1. The minimum absolute atomic E-state index is 0.138. The highest BCUT2D eigenvalue weighted by Crippen LogP contribution is 2.22. The summed E-state index contributed by atoms with van der Waals surface area (Å²) >= 11 is 0. The van der Waals surface area contributed by atoms with Crippen LogP contribution in [-0.2, 0) is 20.8 Å². The zero-order chi connectivity index (χ0) is 13.8. The number of rotatable bonds is 6. The van der Waals surface area contributed by atoms with Gasteiger partial charge in [0.2, 0.25) is 10.0 Å². The Morgan fingerprint density at radius 3 is 2.61 bits per heavy atom. The Balaban J connectivity index is 2.92. The van der Waals surface area contributed by atoms with Gasteiger partial charge in [0.1, 0.15) is 0 Å². The van der Waals surface area contributed by atoms with E-state index in [1.165, 1.54) is 25.2 Å². The van der Waals surface area contributed by atoms with E-state index in [0.29, 0.717) is 23.7 Å². The average molecular weight is 291 g/mol. The summed E-state index contributed by atoms with van der Waals surface area (Å²) in [5.41, 5.74) is 6.71. The second-order valence-electron chi connectivity index (χ2n) is 3.66. The van der Waals surface area contributed by atoms with Crippen LogP contribution in [0, 0.1) is 0 Å². The van der Waals surface area contributed by atoms with Crippen molar-refractivity contribution in [3.63, 3.8) is 0 Å². The zero-order valence-corrected chi connectivity index (χ0v) is 11.9. The van der Waals surface area contributed by atoms with Crippen LogP contribution in [0.4, 0.5) is 11.4 Å². The molecule has 0 spiro atoms. The van der Waals surface area contributed by atoms with Crippen molar-refractivity contribution in [2.24, 2.45) is 0 Å². The van der Waals surface area contributed by atoms with E-state index in [9.17, 15) is 12.6 Å². The first-order valence-electron chi connectivity index (χ1n) is 5.24. The predicted octanol–water partition coefficient (Wildman–Crippen LogP) is -0.0327. The largest absolute Gasteiger partial charge is 0.397 e. The molecule has 0 aliphatic carbocycles. The van der Waals surface area contributed by atoms with Gasteiger partial charge in [-0.25, -0.2) is 13.1 Å². The van der Waals surface area contributed by atoms with Gasteiger partial charge in [0, 0.05) is 29.4 Å². The quantitative estimate of drug-likeness (QED) is 0.639. The molecule has 1 atom stereocenters. The molecule has 1 rings (SSSR count). The van der Waals surface area contributed by atoms with Crippen LogP contribution in [0.25, 0.3) is 0 Å². The lowest BCUT2D eigenvalue weighted by atomic mass is 10.2. The summed E-state index contributed by atoms with van der Waals surface area (Å²) in [6, 6.07) is 4.42. The molecule has 0 amide bonds. The van der Waals surface area contributed by atoms with Gasteiger partial charge in [0.05, 0.1) is 16.3 Å². The Hall–Kier alpha value is -1.12. The topological polar surface area (TPSA) is 101 Å². The van der Waals surface area contributed by atoms with E-state index in [1.54, 1.807) is 6.26 Å². The third kappa shape index (κ3) is 3.97. The van der Waals surface area contributed by atoms with Gasteiger partial charge in [-0.15, -0.1) is 0 Å². The van der Waals surface area contributed by atoms with Gasteiger partial charge < -0.3 is 11.1 Å². The Bertz CT molecular complexity index is 543. The Morgan fingerprint density at radius 2 is 2.06 bits per heavy atom. The smallest absolute Gasteiger partial charge is 0.240 e. The molecule has 0 aliphatic rings. The maximum absolute atomic E-state index is 11.6. The second-order valence-corrected chi connectivity index (χ2v) is 7.10. The molecule has 0 fully saturated rings. The summed E-state index contributed by atoms with van der Waals surface area (Å²) < 4.78 is 36.4. The molecular formula is C10H17N3O3S2. The van der Waals surface area contributed by atoms with Gasteiger partial charge in [-0.05, 0) is 25.2 Å². The monoisotopic (exact) mass is 291 g/mol. The summed E-state index contributed by atoms with van der Waals surface area (Å²) in [5, 5.41) is 2.97. The molecule has 0 saturated heterocycles. The molecule has 0 heterocycles. The summed E-state index contributed by atoms with van der Waals surface area (Å²) in [4.78, 5) is 0.138. The van der Waals surface area contributed by atoms with Gasteiger partial charge >= 0.3 is 0 Å². The Labute approximate surface area is 109 Å². The highest BCUT2D eigenvalue weighted by Gasteiger charge is 2.12. The first-order valence-corrected chi connectivity index (χ1v) is 8.45. The van der Waals surface area contributed by atoms with Crippen molar-refractivity contribution in [3.05, 3.63) is 18.2 Å². The van der Waals surface area contributed by atoms with Crippen molar-refractivity contribution in [2.45, 2.75) is 4.90 Å². The summed E-state index contributed by atoms with van der Waals surface area (Å²) in [5.74, 6) is 0.475. The van der Waals surface area contributed by atoms with E-state index >= 15 is 0 Å². The van der Waals surface area contributed by atoms with Gasteiger partial charge in [0.25, 0.3) is 0 Å². The maximum Gasteiger partial charge on any atom is 0.240 e. The number of anilines is 2. The number of benzene rings is 1. The molecule has 0 radical (unpaired) electrons. The van der Waals surface area contributed by atoms with Crippen LogP contribution >= 0.6 is 0 Å². The van der Waals surface area contributed by atoms with Crippen molar-refractivity contribution < 1.29 is 12.6 Å². The SMILES string of the molecule is CNS(=O)(=O)c1ccc(N)c(NCCS(C)=O)c1. The lowest BCUT2D eigenvalue weighted by Gasteiger charge is -2.10. The van der Waals surface area contributed by atoms with Crippen molar-refractivity contribution in [1.29, 1.82) is 0 Å². The van der Waals surface area contributed by atoms with E-state index in [0.717, 1.165) is 0 Å². The van der Waals surface area contributed by atoms with Crippen molar-refractivity contribution >= 4 is 32.2 Å². The van der Waals surface area contributed by atoms with Crippen molar-refractivity contribution in [3.8, 4) is 0 Å². The molecule has 1 aromatic carbocycles. The second kappa shape index (κ2) is 6.17. The summed E-state index contributed by atoms with van der Waals surface area (Å²) in [7, 11) is -3.04. The zero-order valence-electron chi connectivity index (χ0n) is 10.3. The molecule has 0 aromatic heterocycles. The van der Waals surface area contributed by atoms with Gasteiger partial charge in [-0.2, -0.15) is 0 Å². The van der Waals surface area contributed by atoms with Crippen LogP contribution in [0.1, 0.15) is 0 Å². The van der Waals surface area contributed by atoms with Crippen LogP contribution in [0.15, 0.2) is 23.1 Å². The van der Waals surface area contributed by atoms with E-state index in [1.807, 2.05) is 0 Å². The fourth-order valence-electron chi connectivity index (χ4n) is 1.30. The fourth-order valence-corrected chi connectivity index (χ4v) is 2.45. The lowest BCUT2D eigenvalue weighted by molar-refractivity contribution is 0.588. The van der Waals surface area contributed by atoms with Crippen LogP contribution < -0.4 is 15.8 Å². The van der Waals surface area contributed by atoms with Gasteiger partial charge in [-0.1, -0.05) is 0 Å². The molecule has 0 bridgehead atoms. The van der Waals surface area contributed by atoms with E-state index in [4.69, 9.17) is 5.73 Å². The molecular weight excluding hydrogens is 274 g/mol. The molecule has 102 valence electrons. The molecule has 1 aromatic rings. The standard InChI is InChI=1S/C10H17N3O3S2/c1-12-18(15,16)8-3-4-9(11)10(7-8)13-5-6-17(2)14/h3-4,7,12-13H,5-6,11H2,1-2H3. The number of hydrogen-bond acceptors (Lipinski definition) is 5. The predicted molar refractivity (Wildman–Crippen MR) is 74.5 cm³/mol. The highest BCUT2D eigenvalue weighted by molar-refractivity contribution is 7.89. The van der Waals surface area contributed by atoms with Crippen molar-refractivity contribution in [1.82, 2.24) is 4.72 Å². The Morgan fingerprint density at radius 1 is 1.39 bits per heavy atom. The first kappa shape index (κ1) is 14.9. The lowest BCUT2D eigenvalue weighted by Crippen LogP contribution is -2.19. The van der Waals surface area contributed by atoms with E-state index < -0.39 is 20.8 Å². The van der Waals surface area contributed by atoms with Crippen LogP contribution in [0.5, 0.6) is 0 Å². The molecule has 0 saturated carbocycles. The maximum atomic E-state index is 11.6. The normalized spacial score (nSPS) is 13.2. The van der Waals surface area contributed by atoms with Crippen LogP contribution in [-0.4, -0.2) is 38.2 Å². The fraction of sp³-hybridized carbons (Fsp3) is 0.400. The average Bonchev–Trinajstić information content (AvgIpc) is 2.31. The van der Waals surface area contributed by atoms with Gasteiger partial charge in [0.15, 0.2) is 0 Å². The molecule has 1 unspecified atom stereocenters. The number of nitrogens with two attached hydrogens (primary N) is 1. The van der Waals surface area contributed by atoms with Crippen molar-refractivity contribution in [2.75, 3.05) is 36.7 Å². The molecule has 0 aliphatic heterocycles. The third-order valence-electron chi connectivity index (χ3n) is 2.31. The van der Waals surface area contributed by atoms with Crippen LogP contribution in [0.3, 0.4) is 0 Å². The molecule has 8 heteroatoms. The van der Waals surface area contributed by atoms with E-state index in [2.05, 4.69) is 10.0 Å². The first-order chi connectivity index (χ1) is 8.36. The van der Waals surface area contributed by atoms with E-state index in [-0.39, 0.29) is 4.90 Å². The minimum atomic E-state index is -3.48. The van der Waals surface area contributed by atoms with Gasteiger partial charge in [-0.3, -0.25) is 4.21 Å². The number of hydrogen-bond donors (Lipinski definition) is 3. The number of sulfonamides is 1. The highest BCUT2D eigenvalue weighted by atomic mass is 32.2. The molecule has 18 heavy (non-hydrogen) atoms. The third-order valence-corrected chi connectivity index (χ3v) is 4.50. The minimum Gasteiger partial charge on any atom is -0.397 e. The molecule has 6 nitrogen and oxygen atoms in total. The van der Waals surface area contributed by atoms with Crippen LogP contribution in [0.2, 0.25) is 0 Å². The number of nitrogens with one attached hydrogen (secondary N) is 2. The molecule has 4 N–H and O–H groups in total. The summed E-state index contributed by atoms with van der Waals surface area (Å²) in [6.45, 7) is 0.469. The Kier molecular flexibility index (Phi) is 5.12. The summed E-state index contributed by atoms with van der Waals surface area (Å²) in [6.07, 6.45) is 1.60.